The van der Waals surface area contributed by atoms with Gasteiger partial charge in [0.2, 0.25) is 0 Å². The van der Waals surface area contributed by atoms with Crippen molar-refractivity contribution in [3.05, 3.63) is 0 Å². The van der Waals surface area contributed by atoms with E-state index >= 15 is 0 Å². The van der Waals surface area contributed by atoms with Crippen molar-refractivity contribution in [2.45, 2.75) is 91.4 Å². The highest BCUT2D eigenvalue weighted by Crippen LogP contribution is 2.21. The van der Waals surface area contributed by atoms with Gasteiger partial charge in [-0.25, -0.2) is 0 Å². The van der Waals surface area contributed by atoms with E-state index in [2.05, 4.69) is 6.92 Å². The fourth-order valence-electron chi connectivity index (χ4n) is 2.13. The number of carbonyl (C=O) groups is 1. The summed E-state index contributed by atoms with van der Waals surface area (Å²) in [6, 6.07) is 0. The zero-order valence-corrected chi connectivity index (χ0v) is 12.3. The van der Waals surface area contributed by atoms with Gasteiger partial charge in [-0.1, -0.05) is 85.0 Å². The van der Waals surface area contributed by atoms with Gasteiger partial charge in [-0.05, 0) is 6.42 Å². The molecule has 0 heterocycles. The molecule has 1 nitrogen and oxygen atoms in total. The molecule has 0 N–H and O–H groups in total. The zero-order valence-electron chi connectivity index (χ0n) is 12.3. The Balaban J connectivity index is 3.11. The molecule has 0 amide bonds. The molecule has 102 valence electrons. The van der Waals surface area contributed by atoms with Crippen molar-refractivity contribution in [2.24, 2.45) is 5.41 Å². The van der Waals surface area contributed by atoms with Gasteiger partial charge in [0, 0.05) is 5.41 Å². The number of unbranched alkanes of at least 4 members (excludes halogenated alkanes) is 9. The van der Waals surface area contributed by atoms with Gasteiger partial charge < -0.3 is 4.79 Å². The minimum atomic E-state index is -0.0971. The standard InChI is InChI=1S/C16H32O/c1-4-5-6-7-8-9-10-11-12-13-14-16(2,3)15-17/h15H,4-14H2,1-3H3. The molecule has 0 aliphatic rings. The molecule has 0 spiro atoms. The molecule has 0 saturated carbocycles. The first-order valence-electron chi connectivity index (χ1n) is 7.59. The van der Waals surface area contributed by atoms with Crippen LogP contribution in [0.3, 0.4) is 0 Å². The average molecular weight is 240 g/mol. The summed E-state index contributed by atoms with van der Waals surface area (Å²) in [5, 5.41) is 0. The van der Waals surface area contributed by atoms with E-state index in [1.165, 1.54) is 64.2 Å². The fourth-order valence-corrected chi connectivity index (χ4v) is 2.13. The maximum Gasteiger partial charge on any atom is 0.125 e. The lowest BCUT2D eigenvalue weighted by Crippen LogP contribution is -2.12. The van der Waals surface area contributed by atoms with Gasteiger partial charge >= 0.3 is 0 Å². The molecule has 1 heteroatoms. The van der Waals surface area contributed by atoms with Crippen molar-refractivity contribution >= 4 is 6.29 Å². The molecule has 0 saturated heterocycles. The Bertz CT molecular complexity index is 172. The van der Waals surface area contributed by atoms with E-state index in [0.29, 0.717) is 0 Å². The predicted molar refractivity (Wildman–Crippen MR) is 76.3 cm³/mol. The Hall–Kier alpha value is -0.330. The quantitative estimate of drug-likeness (QED) is 0.324. The van der Waals surface area contributed by atoms with Crippen molar-refractivity contribution in [1.82, 2.24) is 0 Å². The first-order valence-corrected chi connectivity index (χ1v) is 7.59. The van der Waals surface area contributed by atoms with Crippen LogP contribution in [0.4, 0.5) is 0 Å². The molecule has 0 aromatic carbocycles. The van der Waals surface area contributed by atoms with Gasteiger partial charge in [0.25, 0.3) is 0 Å². The second-order valence-corrected chi connectivity index (χ2v) is 6.04. The van der Waals surface area contributed by atoms with Crippen molar-refractivity contribution < 1.29 is 4.79 Å². The van der Waals surface area contributed by atoms with E-state index in [4.69, 9.17) is 0 Å². The number of hydrogen-bond acceptors (Lipinski definition) is 1. The van der Waals surface area contributed by atoms with Crippen LogP contribution in [0.5, 0.6) is 0 Å². The molecule has 0 aliphatic heterocycles. The van der Waals surface area contributed by atoms with E-state index in [0.717, 1.165) is 12.7 Å². The lowest BCUT2D eigenvalue weighted by Gasteiger charge is -2.15. The normalized spacial score (nSPS) is 11.7. The lowest BCUT2D eigenvalue weighted by atomic mass is 9.88. The first kappa shape index (κ1) is 16.7. The van der Waals surface area contributed by atoms with E-state index in [1.54, 1.807) is 0 Å². The van der Waals surface area contributed by atoms with Crippen LogP contribution in [0.2, 0.25) is 0 Å². The second-order valence-electron chi connectivity index (χ2n) is 6.04. The summed E-state index contributed by atoms with van der Waals surface area (Å²) in [6.45, 7) is 6.34. The maximum absolute atomic E-state index is 10.7. The first-order chi connectivity index (χ1) is 8.12. The van der Waals surface area contributed by atoms with Crippen LogP contribution in [0.1, 0.15) is 91.4 Å². The van der Waals surface area contributed by atoms with Crippen LogP contribution in [-0.2, 0) is 4.79 Å². The van der Waals surface area contributed by atoms with Crippen molar-refractivity contribution in [3.8, 4) is 0 Å². The molecule has 0 aromatic rings. The molecular formula is C16H32O. The van der Waals surface area contributed by atoms with E-state index in [1.807, 2.05) is 13.8 Å². The Morgan fingerprint density at radius 1 is 0.765 bits per heavy atom. The van der Waals surface area contributed by atoms with Crippen LogP contribution in [0.25, 0.3) is 0 Å². The van der Waals surface area contributed by atoms with Gasteiger partial charge in [0.05, 0.1) is 0 Å². The van der Waals surface area contributed by atoms with Crippen LogP contribution in [0, 0.1) is 5.41 Å². The average Bonchev–Trinajstić information content (AvgIpc) is 2.31. The van der Waals surface area contributed by atoms with Crippen LogP contribution >= 0.6 is 0 Å². The highest BCUT2D eigenvalue weighted by atomic mass is 16.1. The van der Waals surface area contributed by atoms with Crippen molar-refractivity contribution in [1.29, 1.82) is 0 Å². The Morgan fingerprint density at radius 3 is 1.59 bits per heavy atom. The maximum atomic E-state index is 10.7. The summed E-state index contributed by atoms with van der Waals surface area (Å²) < 4.78 is 0. The van der Waals surface area contributed by atoms with E-state index < -0.39 is 0 Å². The third kappa shape index (κ3) is 11.9. The number of rotatable bonds is 12. The summed E-state index contributed by atoms with van der Waals surface area (Å²) in [4.78, 5) is 10.7. The molecule has 17 heavy (non-hydrogen) atoms. The van der Waals surface area contributed by atoms with Gasteiger partial charge in [0.1, 0.15) is 6.29 Å². The molecule has 0 radical (unpaired) electrons. The molecule has 0 fully saturated rings. The Morgan fingerprint density at radius 2 is 1.18 bits per heavy atom. The number of aldehydes is 1. The lowest BCUT2D eigenvalue weighted by molar-refractivity contribution is -0.115. The summed E-state index contributed by atoms with van der Waals surface area (Å²) in [7, 11) is 0. The van der Waals surface area contributed by atoms with Gasteiger partial charge in [0.15, 0.2) is 0 Å². The van der Waals surface area contributed by atoms with Crippen LogP contribution in [-0.4, -0.2) is 6.29 Å². The highest BCUT2D eigenvalue weighted by Gasteiger charge is 2.14. The van der Waals surface area contributed by atoms with Crippen molar-refractivity contribution in [2.75, 3.05) is 0 Å². The second kappa shape index (κ2) is 10.8. The molecule has 0 bridgehead atoms. The van der Waals surface area contributed by atoms with E-state index in [-0.39, 0.29) is 5.41 Å². The van der Waals surface area contributed by atoms with E-state index in [9.17, 15) is 4.79 Å². The third-order valence-corrected chi connectivity index (χ3v) is 3.49. The number of hydrogen-bond donors (Lipinski definition) is 0. The van der Waals surface area contributed by atoms with Gasteiger partial charge in [-0.2, -0.15) is 0 Å². The highest BCUT2D eigenvalue weighted by molar-refractivity contribution is 5.57. The topological polar surface area (TPSA) is 17.1 Å². The predicted octanol–water partition coefficient (Wildman–Crippen LogP) is 5.52. The van der Waals surface area contributed by atoms with Crippen LogP contribution in [0.15, 0.2) is 0 Å². The fraction of sp³-hybridized carbons (Fsp3) is 0.938. The minimum absolute atomic E-state index is 0.0971. The Labute approximate surface area is 108 Å². The monoisotopic (exact) mass is 240 g/mol. The molecule has 0 aliphatic carbocycles. The summed E-state index contributed by atoms with van der Waals surface area (Å²) in [5.41, 5.74) is -0.0971. The smallest absolute Gasteiger partial charge is 0.125 e. The van der Waals surface area contributed by atoms with Gasteiger partial charge in [-0.3, -0.25) is 0 Å². The largest absolute Gasteiger partial charge is 0.303 e. The molecule has 0 aromatic heterocycles. The van der Waals surface area contributed by atoms with Crippen molar-refractivity contribution in [3.63, 3.8) is 0 Å². The minimum Gasteiger partial charge on any atom is -0.303 e. The number of carbonyl (C=O) groups excluding carboxylic acids is 1. The summed E-state index contributed by atoms with van der Waals surface area (Å²) in [6.07, 6.45) is 15.8. The third-order valence-electron chi connectivity index (χ3n) is 3.49. The molecule has 0 rings (SSSR count). The van der Waals surface area contributed by atoms with Gasteiger partial charge in [-0.15, -0.1) is 0 Å². The summed E-state index contributed by atoms with van der Waals surface area (Å²) >= 11 is 0. The summed E-state index contributed by atoms with van der Waals surface area (Å²) in [5.74, 6) is 0. The molecule has 0 atom stereocenters. The Kier molecular flexibility index (Phi) is 10.6. The van der Waals surface area contributed by atoms with Crippen LogP contribution < -0.4 is 0 Å². The SMILES string of the molecule is CCCCCCCCCCCCC(C)(C)C=O. The zero-order chi connectivity index (χ0) is 13.0. The molecule has 0 unspecified atom stereocenters. The molecular weight excluding hydrogens is 208 g/mol.